The molecule has 2 aliphatic rings. The molecular formula is C17H17N3O4S. The smallest absolute Gasteiger partial charge is 0.308 e. The van der Waals surface area contributed by atoms with Gasteiger partial charge >= 0.3 is 5.91 Å². The van der Waals surface area contributed by atoms with Crippen LogP contribution in [0, 0.1) is 0 Å². The Morgan fingerprint density at radius 2 is 2.00 bits per heavy atom. The number of carbonyl (C=O) groups is 1. The molecule has 7 nitrogen and oxygen atoms in total. The molecule has 1 fully saturated rings. The van der Waals surface area contributed by atoms with Gasteiger partial charge in [0, 0.05) is 19.6 Å². The number of fused-ring (bicyclic) bond motifs is 1. The fourth-order valence-electron chi connectivity index (χ4n) is 2.88. The molecule has 1 amide bonds. The lowest BCUT2D eigenvalue weighted by molar-refractivity contribution is 0.0458. The first-order chi connectivity index (χ1) is 12.2. The maximum Gasteiger partial charge on any atom is 0.308 e. The average molecular weight is 359 g/mol. The van der Waals surface area contributed by atoms with Crippen LogP contribution in [-0.4, -0.2) is 40.9 Å². The van der Waals surface area contributed by atoms with E-state index in [9.17, 15) is 4.79 Å². The molecule has 2 aromatic rings. The van der Waals surface area contributed by atoms with Crippen LogP contribution < -0.4 is 14.8 Å². The van der Waals surface area contributed by atoms with Crippen LogP contribution in [0.2, 0.25) is 0 Å². The van der Waals surface area contributed by atoms with Gasteiger partial charge in [0.15, 0.2) is 22.4 Å². The summed E-state index contributed by atoms with van der Waals surface area (Å²) in [5.41, 5.74) is 1.02. The maximum absolute atomic E-state index is 12.5. The number of nitrogens with one attached hydrogen (secondary N) is 1. The van der Waals surface area contributed by atoms with Crippen molar-refractivity contribution >= 4 is 23.2 Å². The van der Waals surface area contributed by atoms with Crippen LogP contribution in [-0.2, 0) is 6.54 Å². The van der Waals surface area contributed by atoms with Crippen LogP contribution in [0.4, 0.5) is 0 Å². The van der Waals surface area contributed by atoms with E-state index >= 15 is 0 Å². The number of hydrogen-bond acceptors (Lipinski definition) is 5. The Balaban J connectivity index is 1.39. The standard InChI is InChI=1S/C17H17N3O4S/c21-16(14-3-1-8-22-14)19-6-2-7-20(19)17(25)18-10-12-4-5-13-15(9-12)24-11-23-13/h1,3-5,8-9H,2,6-7,10-11H2,(H,18,25). The summed E-state index contributed by atoms with van der Waals surface area (Å²) < 4.78 is 15.9. The van der Waals surface area contributed by atoms with Gasteiger partial charge in [0.05, 0.1) is 6.26 Å². The van der Waals surface area contributed by atoms with Crippen molar-refractivity contribution in [3.05, 3.63) is 47.9 Å². The van der Waals surface area contributed by atoms with E-state index in [1.54, 1.807) is 22.2 Å². The van der Waals surface area contributed by atoms with Crippen molar-refractivity contribution in [1.29, 1.82) is 0 Å². The van der Waals surface area contributed by atoms with E-state index in [1.165, 1.54) is 6.26 Å². The van der Waals surface area contributed by atoms with Crippen molar-refractivity contribution in [3.8, 4) is 11.5 Å². The molecule has 2 aliphatic heterocycles. The fourth-order valence-corrected chi connectivity index (χ4v) is 3.14. The molecule has 1 aromatic heterocycles. The van der Waals surface area contributed by atoms with Gasteiger partial charge in [-0.05, 0) is 48.5 Å². The van der Waals surface area contributed by atoms with E-state index in [2.05, 4.69) is 5.32 Å². The monoisotopic (exact) mass is 359 g/mol. The highest BCUT2D eigenvalue weighted by Gasteiger charge is 2.30. The first-order valence-corrected chi connectivity index (χ1v) is 8.42. The minimum atomic E-state index is -0.185. The zero-order chi connectivity index (χ0) is 17.2. The summed E-state index contributed by atoms with van der Waals surface area (Å²) in [5.74, 6) is 1.61. The Kier molecular flexibility index (Phi) is 4.19. The highest BCUT2D eigenvalue weighted by Crippen LogP contribution is 2.32. The second kappa shape index (κ2) is 6.64. The molecule has 1 saturated heterocycles. The van der Waals surface area contributed by atoms with E-state index < -0.39 is 0 Å². The molecule has 130 valence electrons. The summed E-state index contributed by atoms with van der Waals surface area (Å²) in [4.78, 5) is 12.5. The number of hydrogen-bond donors (Lipinski definition) is 1. The lowest BCUT2D eigenvalue weighted by Crippen LogP contribution is -2.48. The predicted molar refractivity (Wildman–Crippen MR) is 93.1 cm³/mol. The second-order valence-electron chi connectivity index (χ2n) is 5.73. The van der Waals surface area contributed by atoms with Gasteiger partial charge in [-0.1, -0.05) is 6.07 Å². The third-order valence-corrected chi connectivity index (χ3v) is 4.47. The van der Waals surface area contributed by atoms with E-state index in [1.807, 2.05) is 18.2 Å². The molecule has 0 aliphatic carbocycles. The third-order valence-electron chi connectivity index (χ3n) is 4.11. The molecular weight excluding hydrogens is 342 g/mol. The Morgan fingerprint density at radius 1 is 1.16 bits per heavy atom. The molecule has 4 rings (SSSR count). The van der Waals surface area contributed by atoms with Gasteiger partial charge in [0.1, 0.15) is 0 Å². The number of benzene rings is 1. The fraction of sp³-hybridized carbons (Fsp3) is 0.294. The van der Waals surface area contributed by atoms with Crippen molar-refractivity contribution in [2.45, 2.75) is 13.0 Å². The number of carbonyl (C=O) groups excluding carboxylic acids is 1. The number of rotatable bonds is 3. The van der Waals surface area contributed by atoms with Crippen LogP contribution in [0.5, 0.6) is 11.5 Å². The van der Waals surface area contributed by atoms with E-state index in [0.29, 0.717) is 30.5 Å². The Morgan fingerprint density at radius 3 is 2.84 bits per heavy atom. The molecule has 25 heavy (non-hydrogen) atoms. The van der Waals surface area contributed by atoms with Crippen molar-refractivity contribution in [1.82, 2.24) is 15.3 Å². The molecule has 8 heteroatoms. The van der Waals surface area contributed by atoms with Crippen molar-refractivity contribution in [2.75, 3.05) is 19.9 Å². The number of hydrazine groups is 1. The molecule has 1 N–H and O–H groups in total. The summed E-state index contributed by atoms with van der Waals surface area (Å²) in [6, 6.07) is 9.11. The topological polar surface area (TPSA) is 67.2 Å². The molecule has 0 saturated carbocycles. The summed E-state index contributed by atoms with van der Waals surface area (Å²) >= 11 is 5.47. The second-order valence-corrected chi connectivity index (χ2v) is 6.12. The lowest BCUT2D eigenvalue weighted by atomic mass is 10.2. The van der Waals surface area contributed by atoms with Crippen LogP contribution >= 0.6 is 12.2 Å². The van der Waals surface area contributed by atoms with Gasteiger partial charge < -0.3 is 19.2 Å². The van der Waals surface area contributed by atoms with E-state index in [-0.39, 0.29) is 12.7 Å². The number of ether oxygens (including phenoxy) is 2. The van der Waals surface area contributed by atoms with Crippen LogP contribution in [0.25, 0.3) is 0 Å². The van der Waals surface area contributed by atoms with Crippen LogP contribution in [0.1, 0.15) is 22.5 Å². The van der Waals surface area contributed by atoms with Crippen molar-refractivity contribution < 1.29 is 18.7 Å². The Labute approximate surface area is 150 Å². The lowest BCUT2D eigenvalue weighted by Gasteiger charge is -2.29. The first kappa shape index (κ1) is 15.8. The largest absolute Gasteiger partial charge is 0.459 e. The molecule has 1 aromatic carbocycles. The number of nitrogens with zero attached hydrogens (tertiary/aromatic N) is 2. The third kappa shape index (κ3) is 3.12. The Hall–Kier alpha value is -2.74. The molecule has 0 atom stereocenters. The summed E-state index contributed by atoms with van der Waals surface area (Å²) in [6.07, 6.45) is 2.35. The van der Waals surface area contributed by atoms with Gasteiger partial charge in [-0.2, -0.15) is 0 Å². The average Bonchev–Trinajstić information content (AvgIpc) is 3.39. The molecule has 3 heterocycles. The normalized spacial score (nSPS) is 15.5. The van der Waals surface area contributed by atoms with E-state index in [0.717, 1.165) is 23.5 Å². The highest BCUT2D eigenvalue weighted by atomic mass is 32.1. The van der Waals surface area contributed by atoms with Crippen molar-refractivity contribution in [3.63, 3.8) is 0 Å². The maximum atomic E-state index is 12.5. The summed E-state index contributed by atoms with van der Waals surface area (Å²) in [5, 5.41) is 7.11. The zero-order valence-corrected chi connectivity index (χ0v) is 14.3. The number of amides is 1. The number of furan rings is 1. The number of thiocarbonyl (C=S) groups is 1. The van der Waals surface area contributed by atoms with Gasteiger partial charge in [-0.15, -0.1) is 0 Å². The molecule has 0 unspecified atom stereocenters. The SMILES string of the molecule is O=C(c1ccco1)N1CCCN1C(=S)NCc1ccc2c(c1)OCO2. The minimum absolute atomic E-state index is 0.185. The van der Waals surface area contributed by atoms with Gasteiger partial charge in [0.25, 0.3) is 0 Å². The van der Waals surface area contributed by atoms with Gasteiger partial charge in [-0.3, -0.25) is 9.80 Å². The zero-order valence-electron chi connectivity index (χ0n) is 13.4. The quantitative estimate of drug-likeness (QED) is 0.842. The summed E-state index contributed by atoms with van der Waals surface area (Å²) in [6.45, 7) is 2.10. The Bertz CT molecular complexity index is 793. The van der Waals surface area contributed by atoms with Crippen LogP contribution in [0.3, 0.4) is 0 Å². The van der Waals surface area contributed by atoms with Gasteiger partial charge in [0.2, 0.25) is 6.79 Å². The van der Waals surface area contributed by atoms with E-state index in [4.69, 9.17) is 26.1 Å². The van der Waals surface area contributed by atoms with Gasteiger partial charge in [-0.25, -0.2) is 5.01 Å². The molecule has 0 spiro atoms. The molecule has 0 bridgehead atoms. The first-order valence-electron chi connectivity index (χ1n) is 8.01. The molecule has 0 radical (unpaired) electrons. The van der Waals surface area contributed by atoms with Crippen LogP contribution in [0.15, 0.2) is 41.0 Å². The predicted octanol–water partition coefficient (Wildman–Crippen LogP) is 2.15. The minimum Gasteiger partial charge on any atom is -0.459 e. The highest BCUT2D eigenvalue weighted by molar-refractivity contribution is 7.80. The summed E-state index contributed by atoms with van der Waals surface area (Å²) in [7, 11) is 0. The van der Waals surface area contributed by atoms with Crippen molar-refractivity contribution in [2.24, 2.45) is 0 Å².